The van der Waals surface area contributed by atoms with Crippen LogP contribution in [0.1, 0.15) is 29.4 Å². The van der Waals surface area contributed by atoms with Crippen molar-refractivity contribution in [3.8, 4) is 11.4 Å². The summed E-state index contributed by atoms with van der Waals surface area (Å²) in [6.07, 6.45) is 6.15. The van der Waals surface area contributed by atoms with Gasteiger partial charge in [0.2, 0.25) is 0 Å². The molecule has 5 heteroatoms. The van der Waals surface area contributed by atoms with E-state index in [0.717, 1.165) is 12.0 Å². The van der Waals surface area contributed by atoms with E-state index < -0.39 is 5.97 Å². The van der Waals surface area contributed by atoms with Crippen molar-refractivity contribution in [1.29, 1.82) is 0 Å². The van der Waals surface area contributed by atoms with Crippen molar-refractivity contribution < 1.29 is 9.90 Å². The van der Waals surface area contributed by atoms with Gasteiger partial charge in [-0.25, -0.2) is 14.8 Å². The third-order valence-electron chi connectivity index (χ3n) is 2.50. The summed E-state index contributed by atoms with van der Waals surface area (Å²) in [7, 11) is 0. The fourth-order valence-corrected chi connectivity index (χ4v) is 1.66. The molecular formula is C13H13N3O2. The lowest BCUT2D eigenvalue weighted by Crippen LogP contribution is -2.07. The van der Waals surface area contributed by atoms with Gasteiger partial charge in [0, 0.05) is 24.2 Å². The number of carboxylic acid groups (broad SMARTS) is 1. The Balaban J connectivity index is 2.46. The molecule has 0 atom stereocenters. The van der Waals surface area contributed by atoms with Gasteiger partial charge in [-0.2, -0.15) is 0 Å². The number of nitrogens with zero attached hydrogens (tertiary/aromatic N) is 3. The predicted molar refractivity (Wildman–Crippen MR) is 66.2 cm³/mol. The average Bonchev–Trinajstić information content (AvgIpc) is 2.40. The number of hydrogen-bond donors (Lipinski definition) is 1. The number of carbonyl (C=O) groups is 1. The van der Waals surface area contributed by atoms with E-state index in [9.17, 15) is 4.79 Å². The van der Waals surface area contributed by atoms with Crippen molar-refractivity contribution in [2.45, 2.75) is 19.8 Å². The Hall–Kier alpha value is -2.30. The highest BCUT2D eigenvalue weighted by molar-refractivity contribution is 5.88. The van der Waals surface area contributed by atoms with Gasteiger partial charge in [-0.1, -0.05) is 13.3 Å². The second-order valence-electron chi connectivity index (χ2n) is 3.85. The van der Waals surface area contributed by atoms with Crippen molar-refractivity contribution in [3.05, 3.63) is 42.0 Å². The molecule has 0 aliphatic heterocycles. The zero-order valence-corrected chi connectivity index (χ0v) is 10.00. The molecular weight excluding hydrogens is 230 g/mol. The number of carboxylic acids is 1. The van der Waals surface area contributed by atoms with E-state index in [0.29, 0.717) is 17.9 Å². The second kappa shape index (κ2) is 5.35. The van der Waals surface area contributed by atoms with E-state index in [1.165, 1.54) is 6.20 Å². The number of aromatic carboxylic acids is 1. The van der Waals surface area contributed by atoms with Crippen molar-refractivity contribution in [1.82, 2.24) is 15.0 Å². The van der Waals surface area contributed by atoms with Crippen LogP contribution in [0, 0.1) is 0 Å². The lowest BCUT2D eigenvalue weighted by Gasteiger charge is -2.06. The summed E-state index contributed by atoms with van der Waals surface area (Å²) < 4.78 is 0. The molecule has 92 valence electrons. The molecule has 0 unspecified atom stereocenters. The van der Waals surface area contributed by atoms with Crippen LogP contribution in [0.5, 0.6) is 0 Å². The normalized spacial score (nSPS) is 10.3. The molecule has 5 nitrogen and oxygen atoms in total. The minimum Gasteiger partial charge on any atom is -0.478 e. The maximum absolute atomic E-state index is 11.1. The molecule has 2 heterocycles. The summed E-state index contributed by atoms with van der Waals surface area (Å²) in [5.41, 5.74) is 1.52. The fourth-order valence-electron chi connectivity index (χ4n) is 1.66. The highest BCUT2D eigenvalue weighted by Gasteiger charge is 2.13. The molecule has 2 rings (SSSR count). The maximum Gasteiger partial charge on any atom is 0.339 e. The van der Waals surface area contributed by atoms with Crippen molar-refractivity contribution >= 4 is 5.97 Å². The number of pyridine rings is 1. The van der Waals surface area contributed by atoms with Gasteiger partial charge in [0.05, 0.1) is 11.3 Å². The Morgan fingerprint density at radius 1 is 1.39 bits per heavy atom. The van der Waals surface area contributed by atoms with Crippen LogP contribution in [-0.4, -0.2) is 26.0 Å². The van der Waals surface area contributed by atoms with Crippen molar-refractivity contribution in [2.75, 3.05) is 0 Å². The second-order valence-corrected chi connectivity index (χ2v) is 3.85. The molecule has 0 aromatic carbocycles. The summed E-state index contributed by atoms with van der Waals surface area (Å²) in [5, 5.41) is 9.06. The minimum atomic E-state index is -0.990. The molecule has 0 saturated carbocycles. The molecule has 2 aromatic heterocycles. The smallest absolute Gasteiger partial charge is 0.339 e. The number of aryl methyl sites for hydroxylation is 1. The molecule has 0 aliphatic carbocycles. The first kappa shape index (κ1) is 12.2. The van der Waals surface area contributed by atoms with Crippen LogP contribution in [0.25, 0.3) is 11.4 Å². The summed E-state index contributed by atoms with van der Waals surface area (Å²) >= 11 is 0. The lowest BCUT2D eigenvalue weighted by molar-refractivity contribution is 0.0694. The number of rotatable bonds is 4. The molecule has 0 bridgehead atoms. The van der Waals surface area contributed by atoms with E-state index in [1.807, 2.05) is 13.0 Å². The maximum atomic E-state index is 11.1. The Morgan fingerprint density at radius 2 is 2.22 bits per heavy atom. The zero-order chi connectivity index (χ0) is 13.0. The highest BCUT2D eigenvalue weighted by atomic mass is 16.4. The fraction of sp³-hybridized carbons (Fsp3) is 0.231. The number of hydrogen-bond acceptors (Lipinski definition) is 4. The Kier molecular flexibility index (Phi) is 3.62. The van der Waals surface area contributed by atoms with Gasteiger partial charge in [-0.15, -0.1) is 0 Å². The Labute approximate surface area is 105 Å². The van der Waals surface area contributed by atoms with Gasteiger partial charge in [0.25, 0.3) is 0 Å². The first-order valence-corrected chi connectivity index (χ1v) is 5.72. The van der Waals surface area contributed by atoms with Crippen LogP contribution < -0.4 is 0 Å². The predicted octanol–water partition coefficient (Wildman–Crippen LogP) is 2.19. The molecule has 18 heavy (non-hydrogen) atoms. The lowest BCUT2D eigenvalue weighted by atomic mass is 10.1. The standard InChI is InChI=1S/C13H13N3O2/c1-2-4-11-10(13(17)18)8-15-12(16-11)9-5-3-6-14-7-9/h3,5-8H,2,4H2,1H3,(H,17,18). The van der Waals surface area contributed by atoms with Crippen LogP contribution >= 0.6 is 0 Å². The largest absolute Gasteiger partial charge is 0.478 e. The Bertz CT molecular complexity index is 555. The first-order valence-electron chi connectivity index (χ1n) is 5.72. The van der Waals surface area contributed by atoms with E-state index >= 15 is 0 Å². The quantitative estimate of drug-likeness (QED) is 0.890. The third-order valence-corrected chi connectivity index (χ3v) is 2.50. The molecule has 0 spiro atoms. The van der Waals surface area contributed by atoms with Gasteiger partial charge in [0.1, 0.15) is 0 Å². The minimum absolute atomic E-state index is 0.171. The van der Waals surface area contributed by atoms with Crippen LogP contribution in [-0.2, 0) is 6.42 Å². The van der Waals surface area contributed by atoms with Crippen LogP contribution in [0.4, 0.5) is 0 Å². The summed E-state index contributed by atoms with van der Waals surface area (Å²) in [6.45, 7) is 1.98. The van der Waals surface area contributed by atoms with E-state index in [-0.39, 0.29) is 5.56 Å². The third kappa shape index (κ3) is 2.51. The van der Waals surface area contributed by atoms with E-state index in [1.54, 1.807) is 18.5 Å². The number of aromatic nitrogens is 3. The molecule has 0 radical (unpaired) electrons. The van der Waals surface area contributed by atoms with Crippen LogP contribution in [0.3, 0.4) is 0 Å². The summed E-state index contributed by atoms with van der Waals surface area (Å²) in [6, 6.07) is 3.64. The van der Waals surface area contributed by atoms with Gasteiger partial charge in [-0.05, 0) is 18.6 Å². The summed E-state index contributed by atoms with van der Waals surface area (Å²) in [4.78, 5) is 23.5. The zero-order valence-electron chi connectivity index (χ0n) is 10.00. The Morgan fingerprint density at radius 3 is 2.83 bits per heavy atom. The molecule has 0 saturated heterocycles. The monoisotopic (exact) mass is 243 g/mol. The summed E-state index contributed by atoms with van der Waals surface area (Å²) in [5.74, 6) is -0.479. The highest BCUT2D eigenvalue weighted by Crippen LogP contribution is 2.16. The van der Waals surface area contributed by atoms with Gasteiger partial charge < -0.3 is 5.11 Å². The molecule has 0 fully saturated rings. The topological polar surface area (TPSA) is 76.0 Å². The van der Waals surface area contributed by atoms with Crippen LogP contribution in [0.15, 0.2) is 30.7 Å². The van der Waals surface area contributed by atoms with Crippen molar-refractivity contribution in [2.24, 2.45) is 0 Å². The van der Waals surface area contributed by atoms with Crippen LogP contribution in [0.2, 0.25) is 0 Å². The van der Waals surface area contributed by atoms with Gasteiger partial charge in [0.15, 0.2) is 5.82 Å². The SMILES string of the molecule is CCCc1nc(-c2cccnc2)ncc1C(=O)O. The molecule has 0 aliphatic rings. The van der Waals surface area contributed by atoms with E-state index in [4.69, 9.17) is 5.11 Å². The molecule has 1 N–H and O–H groups in total. The van der Waals surface area contributed by atoms with Gasteiger partial charge in [-0.3, -0.25) is 4.98 Å². The van der Waals surface area contributed by atoms with Gasteiger partial charge >= 0.3 is 5.97 Å². The van der Waals surface area contributed by atoms with E-state index in [2.05, 4.69) is 15.0 Å². The molecule has 2 aromatic rings. The first-order chi connectivity index (χ1) is 8.72. The average molecular weight is 243 g/mol. The van der Waals surface area contributed by atoms with Crippen molar-refractivity contribution in [3.63, 3.8) is 0 Å². The molecule has 0 amide bonds.